The Morgan fingerprint density at radius 2 is 2.19 bits per heavy atom. The average molecular weight is 292 g/mol. The number of nitrogens with one attached hydrogen (secondary N) is 1. The Hall–Kier alpha value is -0.870. The van der Waals surface area contributed by atoms with Crippen molar-refractivity contribution >= 4 is 0 Å². The first-order chi connectivity index (χ1) is 9.90. The van der Waals surface area contributed by atoms with E-state index in [1.807, 2.05) is 11.7 Å². The molecule has 1 aliphatic heterocycles. The van der Waals surface area contributed by atoms with Gasteiger partial charge in [-0.3, -0.25) is 9.58 Å². The molecule has 1 aromatic heterocycles. The van der Waals surface area contributed by atoms with E-state index in [1.165, 1.54) is 37.1 Å². The summed E-state index contributed by atoms with van der Waals surface area (Å²) in [6, 6.07) is 0.673. The minimum absolute atomic E-state index is 0.111. The van der Waals surface area contributed by atoms with Gasteiger partial charge in [-0.15, -0.1) is 0 Å². The average Bonchev–Trinajstić information content (AvgIpc) is 2.98. The molecule has 1 fully saturated rings. The highest BCUT2D eigenvalue weighted by atomic mass is 15.3. The fraction of sp³-hybridized carbons (Fsp3) is 0.824. The molecule has 4 heteroatoms. The molecule has 0 radical (unpaired) electrons. The van der Waals surface area contributed by atoms with Crippen molar-refractivity contribution in [2.24, 2.45) is 7.05 Å². The molecule has 1 aliphatic rings. The third-order valence-corrected chi connectivity index (χ3v) is 4.19. The number of hydrogen-bond acceptors (Lipinski definition) is 3. The van der Waals surface area contributed by atoms with Crippen molar-refractivity contribution in [3.8, 4) is 0 Å². The molecule has 1 atom stereocenters. The maximum absolute atomic E-state index is 4.70. The van der Waals surface area contributed by atoms with E-state index >= 15 is 0 Å². The number of hydrogen-bond donors (Lipinski definition) is 1. The summed E-state index contributed by atoms with van der Waals surface area (Å²) in [5.74, 6) is 0. The Balaban J connectivity index is 2.08. The zero-order chi connectivity index (χ0) is 15.5. The standard InChI is InChI=1S/C17H32N4/c1-6-10-21(13-15-8-7-9-18-15)12-14-11-20(5)19-16(14)17(2,3)4/h11,15,18H,6-10,12-13H2,1-5H3. The topological polar surface area (TPSA) is 33.1 Å². The number of rotatable bonds is 6. The molecule has 21 heavy (non-hydrogen) atoms. The van der Waals surface area contributed by atoms with Gasteiger partial charge in [0.25, 0.3) is 0 Å². The molecular weight excluding hydrogens is 260 g/mol. The minimum atomic E-state index is 0.111. The summed E-state index contributed by atoms with van der Waals surface area (Å²) >= 11 is 0. The lowest BCUT2D eigenvalue weighted by Crippen LogP contribution is -2.38. The SMILES string of the molecule is CCCN(Cc1cn(C)nc1C(C)(C)C)CC1CCCN1. The molecule has 1 N–H and O–H groups in total. The molecule has 0 spiro atoms. The fourth-order valence-electron chi connectivity index (χ4n) is 3.30. The maximum atomic E-state index is 4.70. The van der Waals surface area contributed by atoms with E-state index in [4.69, 9.17) is 5.10 Å². The highest BCUT2D eigenvalue weighted by molar-refractivity contribution is 5.24. The van der Waals surface area contributed by atoms with Crippen molar-refractivity contribution in [3.05, 3.63) is 17.5 Å². The van der Waals surface area contributed by atoms with Crippen molar-refractivity contribution in [3.63, 3.8) is 0 Å². The zero-order valence-corrected chi connectivity index (χ0v) is 14.4. The van der Waals surface area contributed by atoms with Gasteiger partial charge >= 0.3 is 0 Å². The monoisotopic (exact) mass is 292 g/mol. The van der Waals surface area contributed by atoms with Gasteiger partial charge in [-0.05, 0) is 32.4 Å². The quantitative estimate of drug-likeness (QED) is 0.875. The molecule has 1 saturated heterocycles. The molecular formula is C17H32N4. The Labute approximate surface area is 129 Å². The smallest absolute Gasteiger partial charge is 0.0722 e. The van der Waals surface area contributed by atoms with Crippen LogP contribution >= 0.6 is 0 Å². The number of nitrogens with zero attached hydrogens (tertiary/aromatic N) is 3. The van der Waals surface area contributed by atoms with Crippen LogP contribution in [0.15, 0.2) is 6.20 Å². The predicted molar refractivity (Wildman–Crippen MR) is 88.5 cm³/mol. The van der Waals surface area contributed by atoms with Crippen molar-refractivity contribution in [2.75, 3.05) is 19.6 Å². The van der Waals surface area contributed by atoms with Gasteiger partial charge in [-0.2, -0.15) is 5.10 Å². The van der Waals surface area contributed by atoms with E-state index in [2.05, 4.69) is 44.1 Å². The second kappa shape index (κ2) is 6.93. The van der Waals surface area contributed by atoms with Crippen LogP contribution < -0.4 is 5.32 Å². The van der Waals surface area contributed by atoms with Crippen LogP contribution in [-0.2, 0) is 19.0 Å². The van der Waals surface area contributed by atoms with Gasteiger partial charge in [0.05, 0.1) is 5.69 Å². The van der Waals surface area contributed by atoms with Crippen molar-refractivity contribution in [2.45, 2.75) is 65.0 Å². The first-order valence-corrected chi connectivity index (χ1v) is 8.39. The molecule has 2 heterocycles. The Morgan fingerprint density at radius 1 is 1.43 bits per heavy atom. The molecule has 0 aromatic carbocycles. The molecule has 0 saturated carbocycles. The summed E-state index contributed by atoms with van der Waals surface area (Å²) in [6.45, 7) is 13.5. The van der Waals surface area contributed by atoms with Gasteiger partial charge < -0.3 is 5.32 Å². The zero-order valence-electron chi connectivity index (χ0n) is 14.4. The second-order valence-corrected chi connectivity index (χ2v) is 7.46. The number of aromatic nitrogens is 2. The third-order valence-electron chi connectivity index (χ3n) is 4.19. The largest absolute Gasteiger partial charge is 0.313 e. The van der Waals surface area contributed by atoms with Crippen LogP contribution in [0.25, 0.3) is 0 Å². The van der Waals surface area contributed by atoms with E-state index in [0.29, 0.717) is 6.04 Å². The molecule has 0 amide bonds. The maximum Gasteiger partial charge on any atom is 0.0722 e. The highest BCUT2D eigenvalue weighted by Gasteiger charge is 2.24. The van der Waals surface area contributed by atoms with Crippen molar-refractivity contribution in [1.29, 1.82) is 0 Å². The Kier molecular flexibility index (Phi) is 5.44. The van der Waals surface area contributed by atoms with Gasteiger partial charge in [0, 0.05) is 43.4 Å². The van der Waals surface area contributed by atoms with Crippen LogP contribution in [0.5, 0.6) is 0 Å². The normalized spacial score (nSPS) is 19.6. The van der Waals surface area contributed by atoms with Crippen LogP contribution in [0.1, 0.15) is 58.2 Å². The Bertz CT molecular complexity index is 438. The van der Waals surface area contributed by atoms with Crippen LogP contribution in [0.4, 0.5) is 0 Å². The first-order valence-electron chi connectivity index (χ1n) is 8.39. The van der Waals surface area contributed by atoms with Crippen molar-refractivity contribution in [1.82, 2.24) is 20.0 Å². The summed E-state index contributed by atoms with van der Waals surface area (Å²) < 4.78 is 1.97. The second-order valence-electron chi connectivity index (χ2n) is 7.46. The van der Waals surface area contributed by atoms with Crippen LogP contribution in [0.2, 0.25) is 0 Å². The molecule has 1 aromatic rings. The van der Waals surface area contributed by atoms with Gasteiger partial charge in [0.1, 0.15) is 0 Å². The van der Waals surface area contributed by atoms with E-state index in [0.717, 1.165) is 19.6 Å². The van der Waals surface area contributed by atoms with E-state index in [1.54, 1.807) is 0 Å². The molecule has 1 unspecified atom stereocenters. The summed E-state index contributed by atoms with van der Waals surface area (Å²) in [7, 11) is 2.03. The fourth-order valence-corrected chi connectivity index (χ4v) is 3.30. The van der Waals surface area contributed by atoms with Gasteiger partial charge in [0.15, 0.2) is 0 Å². The summed E-state index contributed by atoms with van der Waals surface area (Å²) in [5, 5.41) is 8.32. The molecule has 4 nitrogen and oxygen atoms in total. The van der Waals surface area contributed by atoms with E-state index in [-0.39, 0.29) is 5.41 Å². The lowest BCUT2D eigenvalue weighted by molar-refractivity contribution is 0.240. The lowest BCUT2D eigenvalue weighted by Gasteiger charge is -2.26. The van der Waals surface area contributed by atoms with Gasteiger partial charge in [-0.1, -0.05) is 27.7 Å². The van der Waals surface area contributed by atoms with Crippen LogP contribution in [0, 0.1) is 0 Å². The van der Waals surface area contributed by atoms with E-state index in [9.17, 15) is 0 Å². The lowest BCUT2D eigenvalue weighted by atomic mass is 9.89. The summed E-state index contributed by atoms with van der Waals surface area (Å²) in [4.78, 5) is 2.59. The van der Waals surface area contributed by atoms with Crippen LogP contribution in [-0.4, -0.2) is 40.4 Å². The molecule has 0 aliphatic carbocycles. The Morgan fingerprint density at radius 3 is 2.76 bits per heavy atom. The first kappa shape index (κ1) is 16.5. The minimum Gasteiger partial charge on any atom is -0.313 e. The molecule has 120 valence electrons. The van der Waals surface area contributed by atoms with Crippen LogP contribution in [0.3, 0.4) is 0 Å². The summed E-state index contributed by atoms with van der Waals surface area (Å²) in [6.07, 6.45) is 6.05. The van der Waals surface area contributed by atoms with Gasteiger partial charge in [0.2, 0.25) is 0 Å². The molecule has 0 bridgehead atoms. The van der Waals surface area contributed by atoms with E-state index < -0.39 is 0 Å². The number of aryl methyl sites for hydroxylation is 1. The highest BCUT2D eigenvalue weighted by Crippen LogP contribution is 2.25. The third kappa shape index (κ3) is 4.55. The summed E-state index contributed by atoms with van der Waals surface area (Å²) in [5.41, 5.74) is 2.74. The van der Waals surface area contributed by atoms with Crippen molar-refractivity contribution < 1.29 is 0 Å². The molecule has 2 rings (SSSR count). The van der Waals surface area contributed by atoms with Gasteiger partial charge in [-0.25, -0.2) is 0 Å². The predicted octanol–water partition coefficient (Wildman–Crippen LogP) is 2.68.